The van der Waals surface area contributed by atoms with Crippen LogP contribution < -0.4 is 10.7 Å². The van der Waals surface area contributed by atoms with Crippen LogP contribution in [-0.4, -0.2) is 79.2 Å². The van der Waals surface area contributed by atoms with E-state index in [2.05, 4.69) is 10.0 Å². The first-order valence-electron chi connectivity index (χ1n) is 12.0. The second kappa shape index (κ2) is 10.0. The highest BCUT2D eigenvalue weighted by Crippen LogP contribution is 2.43. The number of aliphatic hydroxyl groups is 1. The molecule has 3 N–H and O–H groups in total. The van der Waals surface area contributed by atoms with E-state index in [0.29, 0.717) is 58.1 Å². The quantitative estimate of drug-likeness (QED) is 0.281. The summed E-state index contributed by atoms with van der Waals surface area (Å²) in [6, 6.07) is 9.61. The minimum atomic E-state index is -3.28. The van der Waals surface area contributed by atoms with Gasteiger partial charge < -0.3 is 20.6 Å². The Morgan fingerprint density at radius 1 is 1.19 bits per heavy atom. The molecule has 10 nitrogen and oxygen atoms in total. The molecule has 5 rings (SSSR count). The molecule has 0 bridgehead atoms. The fourth-order valence-electron chi connectivity index (χ4n) is 4.71. The summed E-state index contributed by atoms with van der Waals surface area (Å²) in [5.41, 5.74) is 1.26. The number of fused-ring (bicyclic) bond motifs is 1. The molecule has 0 spiro atoms. The van der Waals surface area contributed by atoms with Gasteiger partial charge in [0.05, 0.1) is 35.4 Å². The van der Waals surface area contributed by atoms with Crippen LogP contribution in [0, 0.1) is 0 Å². The van der Waals surface area contributed by atoms with Gasteiger partial charge in [-0.3, -0.25) is 0 Å². The molecular formula is C24H30N6O4S2. The number of anilines is 1. The molecule has 0 amide bonds. The predicted octanol–water partition coefficient (Wildman–Crippen LogP) is 2.12. The van der Waals surface area contributed by atoms with Crippen LogP contribution in [0.1, 0.15) is 30.2 Å². The number of ether oxygens (including phenoxy) is 1. The molecule has 0 aliphatic carbocycles. The maximum absolute atomic E-state index is 12.3. The molecule has 0 unspecified atom stereocenters. The van der Waals surface area contributed by atoms with E-state index in [-0.39, 0.29) is 5.75 Å². The van der Waals surface area contributed by atoms with Crippen LogP contribution in [0.5, 0.6) is 0 Å². The maximum Gasteiger partial charge on any atom is 0.213 e. The van der Waals surface area contributed by atoms with Gasteiger partial charge in [0, 0.05) is 42.2 Å². The third-order valence-corrected chi connectivity index (χ3v) is 10.0. The molecular weight excluding hydrogens is 500 g/mol. The first kappa shape index (κ1) is 25.0. The molecule has 36 heavy (non-hydrogen) atoms. The van der Waals surface area contributed by atoms with E-state index in [9.17, 15) is 13.5 Å². The monoisotopic (exact) mass is 530 g/mol. The minimum absolute atomic E-state index is 0.0614. The van der Waals surface area contributed by atoms with Gasteiger partial charge >= 0.3 is 0 Å². The van der Waals surface area contributed by atoms with Gasteiger partial charge in [-0.1, -0.05) is 24.3 Å². The first-order valence-corrected chi connectivity index (χ1v) is 14.4. The van der Waals surface area contributed by atoms with Gasteiger partial charge in [0.15, 0.2) is 11.6 Å². The summed E-state index contributed by atoms with van der Waals surface area (Å²) in [5, 5.41) is 15.3. The van der Waals surface area contributed by atoms with Crippen molar-refractivity contribution in [1.82, 2.24) is 14.3 Å². The third-order valence-electron chi connectivity index (χ3n) is 6.85. The van der Waals surface area contributed by atoms with Crippen molar-refractivity contribution in [3.05, 3.63) is 40.8 Å². The van der Waals surface area contributed by atoms with Crippen molar-refractivity contribution in [3.63, 3.8) is 0 Å². The lowest BCUT2D eigenvalue weighted by Gasteiger charge is -2.36. The number of benzene rings is 1. The SMILES string of the molecule is CCS(=O)(=O)N1CCC(O)(c2cc3nc(-c4ccccc4/C=N\N)nc(N4CCOCC4)c3s2)CC1. The predicted molar refractivity (Wildman–Crippen MR) is 142 cm³/mol. The number of piperidine rings is 1. The number of nitrogens with zero attached hydrogens (tertiary/aromatic N) is 5. The van der Waals surface area contributed by atoms with E-state index in [0.717, 1.165) is 32.0 Å². The molecule has 0 saturated carbocycles. The molecule has 12 heteroatoms. The van der Waals surface area contributed by atoms with Crippen LogP contribution in [0.15, 0.2) is 35.4 Å². The van der Waals surface area contributed by atoms with Gasteiger partial charge in [-0.25, -0.2) is 22.7 Å². The van der Waals surface area contributed by atoms with Gasteiger partial charge in [-0.05, 0) is 25.8 Å². The second-order valence-electron chi connectivity index (χ2n) is 8.99. The number of hydrogen-bond acceptors (Lipinski definition) is 10. The lowest BCUT2D eigenvalue weighted by Crippen LogP contribution is -2.45. The number of thiophene rings is 1. The smallest absolute Gasteiger partial charge is 0.213 e. The largest absolute Gasteiger partial charge is 0.384 e. The Bertz CT molecular complexity index is 1380. The normalized spacial score (nSPS) is 19.3. The van der Waals surface area contributed by atoms with Crippen LogP contribution in [0.4, 0.5) is 5.82 Å². The zero-order valence-electron chi connectivity index (χ0n) is 20.1. The lowest BCUT2D eigenvalue weighted by atomic mass is 9.91. The molecule has 4 heterocycles. The molecule has 1 aromatic carbocycles. The molecule has 3 aromatic rings. The Kier molecular flexibility index (Phi) is 6.97. The van der Waals surface area contributed by atoms with Gasteiger partial charge in [0.25, 0.3) is 0 Å². The van der Waals surface area contributed by atoms with Gasteiger partial charge in [0.2, 0.25) is 10.0 Å². The average molecular weight is 531 g/mol. The minimum Gasteiger partial charge on any atom is -0.384 e. The van der Waals surface area contributed by atoms with E-state index in [1.807, 2.05) is 30.3 Å². The number of aromatic nitrogens is 2. The van der Waals surface area contributed by atoms with E-state index < -0.39 is 15.6 Å². The van der Waals surface area contributed by atoms with Gasteiger partial charge in [-0.15, -0.1) is 11.3 Å². The summed E-state index contributed by atoms with van der Waals surface area (Å²) in [4.78, 5) is 12.8. The zero-order chi connectivity index (χ0) is 25.3. The number of rotatable bonds is 6. The van der Waals surface area contributed by atoms with Crippen LogP contribution in [0.2, 0.25) is 0 Å². The topological polar surface area (TPSA) is 134 Å². The van der Waals surface area contributed by atoms with E-state index in [1.54, 1.807) is 13.1 Å². The number of hydrazone groups is 1. The standard InChI is InChI=1S/C24H30N6O4S2/c1-2-36(32,33)30-9-7-24(31,8-10-30)20-15-19-21(35-20)23(29-11-13-34-14-12-29)28-22(27-19)18-6-4-3-5-17(18)16-26-25/h3-6,15-16,31H,2,7-14,25H2,1H3/b26-16-. The summed E-state index contributed by atoms with van der Waals surface area (Å²) in [5.74, 6) is 6.86. The van der Waals surface area contributed by atoms with Crippen molar-refractivity contribution in [2.45, 2.75) is 25.4 Å². The highest BCUT2D eigenvalue weighted by Gasteiger charge is 2.39. The number of nitrogens with two attached hydrogens (primary N) is 1. The molecule has 2 aliphatic heterocycles. The summed E-state index contributed by atoms with van der Waals surface area (Å²) in [6.07, 6.45) is 2.25. The zero-order valence-corrected chi connectivity index (χ0v) is 21.8. The number of morpholine rings is 1. The molecule has 0 radical (unpaired) electrons. The van der Waals surface area contributed by atoms with Crippen molar-refractivity contribution in [2.24, 2.45) is 10.9 Å². The molecule has 192 valence electrons. The highest BCUT2D eigenvalue weighted by molar-refractivity contribution is 7.89. The first-order chi connectivity index (χ1) is 17.3. The summed E-state index contributed by atoms with van der Waals surface area (Å²) in [7, 11) is -3.28. The van der Waals surface area contributed by atoms with Crippen LogP contribution in [-0.2, 0) is 20.4 Å². The summed E-state index contributed by atoms with van der Waals surface area (Å²) >= 11 is 1.48. The third kappa shape index (κ3) is 4.71. The summed E-state index contributed by atoms with van der Waals surface area (Å²) in [6.45, 7) is 4.86. The number of sulfonamides is 1. The Labute approximate surface area is 214 Å². The molecule has 0 atom stereocenters. The van der Waals surface area contributed by atoms with Crippen LogP contribution in [0.3, 0.4) is 0 Å². The van der Waals surface area contributed by atoms with Crippen LogP contribution in [0.25, 0.3) is 21.6 Å². The van der Waals surface area contributed by atoms with E-state index in [4.69, 9.17) is 20.5 Å². The second-order valence-corrected chi connectivity index (χ2v) is 12.3. The average Bonchev–Trinajstić information content (AvgIpc) is 3.35. The fourth-order valence-corrected chi connectivity index (χ4v) is 7.07. The van der Waals surface area contributed by atoms with E-state index in [1.165, 1.54) is 15.6 Å². The Balaban J connectivity index is 1.58. The van der Waals surface area contributed by atoms with Gasteiger partial charge in [0.1, 0.15) is 5.60 Å². The highest BCUT2D eigenvalue weighted by atomic mass is 32.2. The van der Waals surface area contributed by atoms with Crippen molar-refractivity contribution < 1.29 is 18.3 Å². The molecule has 2 saturated heterocycles. The number of hydrogen-bond donors (Lipinski definition) is 2. The molecule has 2 fully saturated rings. The van der Waals surface area contributed by atoms with Crippen molar-refractivity contribution >= 4 is 43.6 Å². The Morgan fingerprint density at radius 2 is 1.92 bits per heavy atom. The van der Waals surface area contributed by atoms with Crippen molar-refractivity contribution in [3.8, 4) is 11.4 Å². The van der Waals surface area contributed by atoms with Crippen molar-refractivity contribution in [1.29, 1.82) is 0 Å². The fraction of sp³-hybridized carbons (Fsp3) is 0.458. The maximum atomic E-state index is 12.3. The van der Waals surface area contributed by atoms with Gasteiger partial charge in [-0.2, -0.15) is 5.10 Å². The van der Waals surface area contributed by atoms with E-state index >= 15 is 0 Å². The van der Waals surface area contributed by atoms with Crippen molar-refractivity contribution in [2.75, 3.05) is 50.0 Å². The summed E-state index contributed by atoms with van der Waals surface area (Å²) < 4.78 is 32.5. The Hall–Kier alpha value is -2.64. The van der Waals surface area contributed by atoms with Crippen LogP contribution >= 0.6 is 11.3 Å². The Morgan fingerprint density at radius 3 is 2.61 bits per heavy atom. The lowest BCUT2D eigenvalue weighted by molar-refractivity contribution is -0.00626. The molecule has 2 aromatic heterocycles. The molecule has 2 aliphatic rings.